The molecule has 0 spiro atoms. The molecule has 1 aliphatic heterocycles. The number of benzene rings is 2. The Hall–Kier alpha value is -2.49. The lowest BCUT2D eigenvalue weighted by atomic mass is 9.89. The Morgan fingerprint density at radius 3 is 2.64 bits per heavy atom. The van der Waals surface area contributed by atoms with E-state index in [0.717, 1.165) is 28.2 Å². The van der Waals surface area contributed by atoms with Crippen LogP contribution in [0.15, 0.2) is 36.4 Å². The fraction of sp³-hybridized carbons (Fsp3) is 0.381. The molecule has 1 heterocycles. The molecular formula is C21H25NO3. The van der Waals surface area contributed by atoms with E-state index in [4.69, 9.17) is 9.47 Å². The first-order chi connectivity index (χ1) is 11.8. The number of carbonyl (C=O) groups excluding carboxylic acids is 1. The van der Waals surface area contributed by atoms with Crippen molar-refractivity contribution in [3.63, 3.8) is 0 Å². The summed E-state index contributed by atoms with van der Waals surface area (Å²) in [4.78, 5) is 12.8. The van der Waals surface area contributed by atoms with Gasteiger partial charge in [-0.25, -0.2) is 0 Å². The van der Waals surface area contributed by atoms with Gasteiger partial charge >= 0.3 is 0 Å². The van der Waals surface area contributed by atoms with Gasteiger partial charge in [-0.1, -0.05) is 17.7 Å². The summed E-state index contributed by atoms with van der Waals surface area (Å²) in [5.41, 5.74) is 3.47. The van der Waals surface area contributed by atoms with Crippen LogP contribution in [0, 0.1) is 13.8 Å². The van der Waals surface area contributed by atoms with Crippen molar-refractivity contribution in [2.75, 3.05) is 7.11 Å². The fourth-order valence-corrected chi connectivity index (χ4v) is 3.39. The standard InChI is InChI=1S/C21H25NO3/c1-13-6-8-16(14(2)10-13)20(23)22-18-12-21(3,4)25-19-11-15(24-5)7-9-17(18)19/h6-11,18H,12H2,1-5H3,(H,22,23). The highest BCUT2D eigenvalue weighted by molar-refractivity contribution is 5.96. The maximum absolute atomic E-state index is 12.8. The first kappa shape index (κ1) is 17.3. The van der Waals surface area contributed by atoms with E-state index in [2.05, 4.69) is 5.32 Å². The Morgan fingerprint density at radius 2 is 1.96 bits per heavy atom. The van der Waals surface area contributed by atoms with E-state index in [-0.39, 0.29) is 17.6 Å². The van der Waals surface area contributed by atoms with Gasteiger partial charge in [-0.05, 0) is 51.5 Å². The third kappa shape index (κ3) is 3.63. The van der Waals surface area contributed by atoms with Crippen LogP contribution in [-0.2, 0) is 0 Å². The van der Waals surface area contributed by atoms with E-state index in [0.29, 0.717) is 12.0 Å². The molecule has 4 nitrogen and oxygen atoms in total. The lowest BCUT2D eigenvalue weighted by molar-refractivity contribution is 0.0617. The van der Waals surface area contributed by atoms with E-state index >= 15 is 0 Å². The number of ether oxygens (including phenoxy) is 2. The second-order valence-corrected chi connectivity index (χ2v) is 7.31. The normalized spacial score (nSPS) is 18.0. The van der Waals surface area contributed by atoms with Gasteiger partial charge in [0.15, 0.2) is 0 Å². The number of methoxy groups -OCH3 is 1. The SMILES string of the molecule is COc1ccc2c(c1)OC(C)(C)CC2NC(=O)c1ccc(C)cc1C. The Kier molecular flexibility index (Phi) is 4.46. The van der Waals surface area contributed by atoms with Gasteiger partial charge in [0.05, 0.1) is 13.2 Å². The highest BCUT2D eigenvalue weighted by Crippen LogP contribution is 2.41. The zero-order valence-electron chi connectivity index (χ0n) is 15.5. The predicted octanol–water partition coefficient (Wildman–Crippen LogP) is 4.34. The summed E-state index contributed by atoms with van der Waals surface area (Å²) < 4.78 is 11.4. The summed E-state index contributed by atoms with van der Waals surface area (Å²) >= 11 is 0. The van der Waals surface area contributed by atoms with Gasteiger partial charge < -0.3 is 14.8 Å². The molecule has 25 heavy (non-hydrogen) atoms. The second kappa shape index (κ2) is 6.43. The maximum Gasteiger partial charge on any atom is 0.252 e. The van der Waals surface area contributed by atoms with Crippen LogP contribution in [-0.4, -0.2) is 18.6 Å². The predicted molar refractivity (Wildman–Crippen MR) is 98.4 cm³/mol. The number of aryl methyl sites for hydroxylation is 2. The molecule has 4 heteroatoms. The Morgan fingerprint density at radius 1 is 1.20 bits per heavy atom. The first-order valence-electron chi connectivity index (χ1n) is 8.54. The molecule has 0 fully saturated rings. The molecule has 132 valence electrons. The van der Waals surface area contributed by atoms with Crippen molar-refractivity contribution in [2.45, 2.75) is 45.8 Å². The molecule has 1 aliphatic rings. The number of amides is 1. The molecule has 2 aromatic carbocycles. The van der Waals surface area contributed by atoms with Crippen molar-refractivity contribution in [1.29, 1.82) is 0 Å². The highest BCUT2D eigenvalue weighted by atomic mass is 16.5. The van der Waals surface area contributed by atoms with Gasteiger partial charge in [-0.15, -0.1) is 0 Å². The van der Waals surface area contributed by atoms with Gasteiger partial charge in [0.2, 0.25) is 0 Å². The highest BCUT2D eigenvalue weighted by Gasteiger charge is 2.35. The van der Waals surface area contributed by atoms with E-state index < -0.39 is 0 Å². The number of hydrogen-bond donors (Lipinski definition) is 1. The van der Waals surface area contributed by atoms with Crippen molar-refractivity contribution in [2.24, 2.45) is 0 Å². The number of nitrogens with one attached hydrogen (secondary N) is 1. The summed E-state index contributed by atoms with van der Waals surface area (Å²) in [5.74, 6) is 1.46. The average molecular weight is 339 g/mol. The van der Waals surface area contributed by atoms with Crippen LogP contribution in [0.5, 0.6) is 11.5 Å². The number of hydrogen-bond acceptors (Lipinski definition) is 3. The zero-order valence-corrected chi connectivity index (χ0v) is 15.5. The molecule has 0 saturated heterocycles. The van der Waals surface area contributed by atoms with E-state index in [1.165, 1.54) is 0 Å². The second-order valence-electron chi connectivity index (χ2n) is 7.31. The molecule has 3 rings (SSSR count). The van der Waals surface area contributed by atoms with E-state index in [9.17, 15) is 4.79 Å². The Bertz CT molecular complexity index is 811. The molecule has 0 saturated carbocycles. The van der Waals surface area contributed by atoms with Crippen LogP contribution in [0.2, 0.25) is 0 Å². The van der Waals surface area contributed by atoms with Crippen LogP contribution < -0.4 is 14.8 Å². The largest absolute Gasteiger partial charge is 0.497 e. The zero-order chi connectivity index (χ0) is 18.2. The fourth-order valence-electron chi connectivity index (χ4n) is 3.39. The van der Waals surface area contributed by atoms with E-state index in [1.54, 1.807) is 7.11 Å². The van der Waals surface area contributed by atoms with Crippen LogP contribution in [0.3, 0.4) is 0 Å². The molecule has 1 atom stereocenters. The third-order valence-corrected chi connectivity index (χ3v) is 4.61. The van der Waals surface area contributed by atoms with Crippen LogP contribution in [0.4, 0.5) is 0 Å². The van der Waals surface area contributed by atoms with Crippen molar-refractivity contribution < 1.29 is 14.3 Å². The third-order valence-electron chi connectivity index (χ3n) is 4.61. The summed E-state index contributed by atoms with van der Waals surface area (Å²) in [6, 6.07) is 11.5. The molecule has 1 amide bonds. The molecule has 0 radical (unpaired) electrons. The minimum Gasteiger partial charge on any atom is -0.497 e. The molecule has 1 N–H and O–H groups in total. The lowest BCUT2D eigenvalue weighted by Gasteiger charge is -2.38. The molecule has 0 aromatic heterocycles. The molecule has 0 aliphatic carbocycles. The van der Waals surface area contributed by atoms with Gasteiger partial charge in [-0.3, -0.25) is 4.79 Å². The monoisotopic (exact) mass is 339 g/mol. The van der Waals surface area contributed by atoms with Crippen molar-refractivity contribution in [3.05, 3.63) is 58.7 Å². The minimum absolute atomic E-state index is 0.0537. The van der Waals surface area contributed by atoms with Crippen molar-refractivity contribution in [3.8, 4) is 11.5 Å². The summed E-state index contributed by atoms with van der Waals surface area (Å²) in [6.45, 7) is 8.06. The molecule has 1 unspecified atom stereocenters. The number of rotatable bonds is 3. The summed E-state index contributed by atoms with van der Waals surface area (Å²) in [6.07, 6.45) is 0.711. The maximum atomic E-state index is 12.8. The smallest absolute Gasteiger partial charge is 0.252 e. The molecule has 2 aromatic rings. The Balaban J connectivity index is 1.90. The van der Waals surface area contributed by atoms with E-state index in [1.807, 2.05) is 64.1 Å². The van der Waals surface area contributed by atoms with Gasteiger partial charge in [0.1, 0.15) is 17.1 Å². The van der Waals surface area contributed by atoms with Gasteiger partial charge in [0.25, 0.3) is 5.91 Å². The molecule has 0 bridgehead atoms. The van der Waals surface area contributed by atoms with Crippen LogP contribution >= 0.6 is 0 Å². The van der Waals surface area contributed by atoms with Crippen molar-refractivity contribution in [1.82, 2.24) is 5.32 Å². The number of fused-ring (bicyclic) bond motifs is 1. The summed E-state index contributed by atoms with van der Waals surface area (Å²) in [7, 11) is 1.63. The topological polar surface area (TPSA) is 47.6 Å². The average Bonchev–Trinajstić information content (AvgIpc) is 2.52. The number of carbonyl (C=O) groups is 1. The van der Waals surface area contributed by atoms with Crippen LogP contribution in [0.25, 0.3) is 0 Å². The Labute approximate surface area is 149 Å². The van der Waals surface area contributed by atoms with Crippen LogP contribution in [0.1, 0.15) is 53.4 Å². The minimum atomic E-state index is -0.361. The van der Waals surface area contributed by atoms with Gasteiger partial charge in [-0.2, -0.15) is 0 Å². The first-order valence-corrected chi connectivity index (χ1v) is 8.54. The summed E-state index contributed by atoms with van der Waals surface area (Å²) in [5, 5.41) is 3.18. The lowest BCUT2D eigenvalue weighted by Crippen LogP contribution is -2.41. The molecular weight excluding hydrogens is 314 g/mol. The van der Waals surface area contributed by atoms with Gasteiger partial charge in [0, 0.05) is 23.6 Å². The quantitative estimate of drug-likeness (QED) is 0.904. The van der Waals surface area contributed by atoms with Crippen molar-refractivity contribution >= 4 is 5.91 Å².